The Morgan fingerprint density at radius 1 is 1.27 bits per heavy atom. The number of carbonyl (C=O) groups excluding carboxylic acids is 2. The standard InChI is InChI=1S/C16H25N3O2.ClH/c1-3-11-19(16(21)9-6-10-17)12-15(20)18-14-8-5-4-7-13(14)2;/h4-5,7-8H,3,6,9-12,17H2,1-2H3,(H,18,20);1H. The Hall–Kier alpha value is -1.59. The van der Waals surface area contributed by atoms with E-state index in [4.69, 9.17) is 5.73 Å². The molecule has 0 aliphatic rings. The van der Waals surface area contributed by atoms with E-state index in [-0.39, 0.29) is 30.8 Å². The SMILES string of the molecule is CCCN(CC(=O)Nc1ccccc1C)C(=O)CCCN.Cl. The van der Waals surface area contributed by atoms with Gasteiger partial charge in [-0.15, -0.1) is 12.4 Å². The lowest BCUT2D eigenvalue weighted by atomic mass is 10.2. The number of carbonyl (C=O) groups is 2. The number of halogens is 1. The third kappa shape index (κ3) is 6.91. The zero-order chi connectivity index (χ0) is 15.7. The average molecular weight is 328 g/mol. The maximum atomic E-state index is 12.1. The molecular weight excluding hydrogens is 302 g/mol. The summed E-state index contributed by atoms with van der Waals surface area (Å²) in [5, 5.41) is 2.85. The van der Waals surface area contributed by atoms with Crippen molar-refractivity contribution in [1.29, 1.82) is 0 Å². The number of hydrogen-bond acceptors (Lipinski definition) is 3. The van der Waals surface area contributed by atoms with Crippen LogP contribution in [-0.4, -0.2) is 36.3 Å². The number of amides is 2. The molecule has 1 aromatic rings. The van der Waals surface area contributed by atoms with E-state index in [0.29, 0.717) is 25.9 Å². The molecule has 2 amide bonds. The van der Waals surface area contributed by atoms with E-state index < -0.39 is 0 Å². The van der Waals surface area contributed by atoms with Crippen LogP contribution in [0.5, 0.6) is 0 Å². The van der Waals surface area contributed by atoms with Crippen molar-refractivity contribution in [3.05, 3.63) is 29.8 Å². The summed E-state index contributed by atoms with van der Waals surface area (Å²) in [5.74, 6) is -0.180. The molecule has 3 N–H and O–H groups in total. The second-order valence-corrected chi connectivity index (χ2v) is 5.07. The molecule has 1 rings (SSSR count). The molecule has 0 aliphatic carbocycles. The van der Waals surface area contributed by atoms with E-state index in [2.05, 4.69) is 5.32 Å². The molecule has 0 unspecified atom stereocenters. The highest BCUT2D eigenvalue weighted by Gasteiger charge is 2.16. The van der Waals surface area contributed by atoms with Gasteiger partial charge in [0.2, 0.25) is 11.8 Å². The summed E-state index contributed by atoms with van der Waals surface area (Å²) in [6.45, 7) is 5.09. The van der Waals surface area contributed by atoms with Gasteiger partial charge in [-0.25, -0.2) is 0 Å². The van der Waals surface area contributed by atoms with Crippen LogP contribution >= 0.6 is 12.4 Å². The van der Waals surface area contributed by atoms with Gasteiger partial charge in [0.15, 0.2) is 0 Å². The van der Waals surface area contributed by atoms with Crippen LogP contribution in [0.4, 0.5) is 5.69 Å². The number of para-hydroxylation sites is 1. The molecule has 0 aliphatic heterocycles. The van der Waals surface area contributed by atoms with E-state index in [9.17, 15) is 9.59 Å². The summed E-state index contributed by atoms with van der Waals surface area (Å²) < 4.78 is 0. The molecule has 6 heteroatoms. The van der Waals surface area contributed by atoms with Crippen LogP contribution in [0.25, 0.3) is 0 Å². The maximum absolute atomic E-state index is 12.1. The maximum Gasteiger partial charge on any atom is 0.244 e. The second-order valence-electron chi connectivity index (χ2n) is 5.07. The fraction of sp³-hybridized carbons (Fsp3) is 0.500. The highest BCUT2D eigenvalue weighted by molar-refractivity contribution is 5.95. The van der Waals surface area contributed by atoms with Gasteiger partial charge < -0.3 is 16.0 Å². The van der Waals surface area contributed by atoms with Gasteiger partial charge in [0.25, 0.3) is 0 Å². The van der Waals surface area contributed by atoms with E-state index in [1.54, 1.807) is 4.90 Å². The van der Waals surface area contributed by atoms with Crippen LogP contribution in [0.3, 0.4) is 0 Å². The molecule has 124 valence electrons. The number of nitrogens with zero attached hydrogens (tertiary/aromatic N) is 1. The summed E-state index contributed by atoms with van der Waals surface area (Å²) in [7, 11) is 0. The second kappa shape index (κ2) is 11.0. The third-order valence-electron chi connectivity index (χ3n) is 3.19. The number of rotatable bonds is 8. The Bertz CT molecular complexity index is 480. The highest BCUT2D eigenvalue weighted by atomic mass is 35.5. The average Bonchev–Trinajstić information content (AvgIpc) is 2.46. The van der Waals surface area contributed by atoms with E-state index in [1.807, 2.05) is 38.1 Å². The van der Waals surface area contributed by atoms with Crippen LogP contribution < -0.4 is 11.1 Å². The van der Waals surface area contributed by atoms with Crippen molar-refractivity contribution < 1.29 is 9.59 Å². The van der Waals surface area contributed by atoms with Gasteiger partial charge in [0, 0.05) is 18.7 Å². The first kappa shape index (κ1) is 20.4. The smallest absolute Gasteiger partial charge is 0.244 e. The Morgan fingerprint density at radius 3 is 2.55 bits per heavy atom. The van der Waals surface area contributed by atoms with Crippen LogP contribution in [0.2, 0.25) is 0 Å². The zero-order valence-electron chi connectivity index (χ0n) is 13.3. The van der Waals surface area contributed by atoms with Crippen LogP contribution in [0, 0.1) is 6.92 Å². The minimum Gasteiger partial charge on any atom is -0.333 e. The first-order valence-electron chi connectivity index (χ1n) is 7.41. The summed E-state index contributed by atoms with van der Waals surface area (Å²) in [4.78, 5) is 25.7. The molecule has 0 spiro atoms. The normalized spacial score (nSPS) is 9.77. The summed E-state index contributed by atoms with van der Waals surface area (Å²) in [5.41, 5.74) is 7.21. The lowest BCUT2D eigenvalue weighted by Gasteiger charge is -2.21. The predicted molar refractivity (Wildman–Crippen MR) is 92.2 cm³/mol. The van der Waals surface area contributed by atoms with Crippen molar-refractivity contribution in [2.24, 2.45) is 5.73 Å². The summed E-state index contributed by atoms with van der Waals surface area (Å²) in [6.07, 6.45) is 1.87. The number of nitrogens with two attached hydrogens (primary N) is 1. The molecule has 0 fully saturated rings. The number of benzene rings is 1. The molecule has 0 saturated heterocycles. The fourth-order valence-electron chi connectivity index (χ4n) is 2.05. The number of anilines is 1. The van der Waals surface area contributed by atoms with Crippen molar-refractivity contribution >= 4 is 29.9 Å². The highest BCUT2D eigenvalue weighted by Crippen LogP contribution is 2.13. The van der Waals surface area contributed by atoms with Crippen molar-refractivity contribution in [3.8, 4) is 0 Å². The minimum absolute atomic E-state index is 0. The lowest BCUT2D eigenvalue weighted by molar-refractivity contribution is -0.134. The minimum atomic E-state index is -0.168. The van der Waals surface area contributed by atoms with Gasteiger partial charge in [-0.1, -0.05) is 25.1 Å². The Labute approximate surface area is 138 Å². The van der Waals surface area contributed by atoms with E-state index >= 15 is 0 Å². The summed E-state index contributed by atoms with van der Waals surface area (Å²) >= 11 is 0. The van der Waals surface area contributed by atoms with Crippen molar-refractivity contribution in [2.45, 2.75) is 33.1 Å². The van der Waals surface area contributed by atoms with Crippen molar-refractivity contribution in [3.63, 3.8) is 0 Å². The topological polar surface area (TPSA) is 75.4 Å². The molecule has 0 radical (unpaired) electrons. The van der Waals surface area contributed by atoms with Crippen LogP contribution in [0.15, 0.2) is 24.3 Å². The quantitative estimate of drug-likeness (QED) is 0.769. The van der Waals surface area contributed by atoms with E-state index in [0.717, 1.165) is 17.7 Å². The summed E-state index contributed by atoms with van der Waals surface area (Å²) in [6, 6.07) is 7.59. The van der Waals surface area contributed by atoms with Crippen molar-refractivity contribution in [1.82, 2.24) is 4.90 Å². The molecule has 0 heterocycles. The lowest BCUT2D eigenvalue weighted by Crippen LogP contribution is -2.38. The number of aryl methyl sites for hydroxylation is 1. The fourth-order valence-corrected chi connectivity index (χ4v) is 2.05. The van der Waals surface area contributed by atoms with Gasteiger partial charge in [-0.05, 0) is 37.9 Å². The zero-order valence-corrected chi connectivity index (χ0v) is 14.1. The number of nitrogens with one attached hydrogen (secondary N) is 1. The van der Waals surface area contributed by atoms with Crippen LogP contribution in [-0.2, 0) is 9.59 Å². The van der Waals surface area contributed by atoms with Gasteiger partial charge in [-0.3, -0.25) is 9.59 Å². The van der Waals surface area contributed by atoms with Gasteiger partial charge in [-0.2, -0.15) is 0 Å². The van der Waals surface area contributed by atoms with E-state index in [1.165, 1.54) is 0 Å². The van der Waals surface area contributed by atoms with Gasteiger partial charge in [0.05, 0.1) is 6.54 Å². The molecule has 0 saturated carbocycles. The Balaban J connectivity index is 0.00000441. The Kier molecular flexibility index (Phi) is 10.2. The molecule has 0 aromatic heterocycles. The van der Waals surface area contributed by atoms with Crippen LogP contribution in [0.1, 0.15) is 31.7 Å². The van der Waals surface area contributed by atoms with Gasteiger partial charge in [0.1, 0.15) is 0 Å². The largest absolute Gasteiger partial charge is 0.333 e. The predicted octanol–water partition coefficient (Wildman–Crippen LogP) is 2.33. The first-order chi connectivity index (χ1) is 10.1. The Morgan fingerprint density at radius 2 is 1.95 bits per heavy atom. The molecule has 0 bridgehead atoms. The molecule has 1 aromatic carbocycles. The first-order valence-corrected chi connectivity index (χ1v) is 7.41. The molecule has 22 heavy (non-hydrogen) atoms. The molecule has 5 nitrogen and oxygen atoms in total. The monoisotopic (exact) mass is 327 g/mol. The number of hydrogen-bond donors (Lipinski definition) is 2. The van der Waals surface area contributed by atoms with Crippen molar-refractivity contribution in [2.75, 3.05) is 25.0 Å². The molecular formula is C16H26ClN3O2. The molecule has 0 atom stereocenters. The van der Waals surface area contributed by atoms with Gasteiger partial charge >= 0.3 is 0 Å². The third-order valence-corrected chi connectivity index (χ3v) is 3.19.